The topological polar surface area (TPSA) is 56.0 Å². The van der Waals surface area contributed by atoms with E-state index < -0.39 is 4.92 Å². The minimum absolute atomic E-state index is 0.512. The van der Waals surface area contributed by atoms with Crippen LogP contribution in [0.25, 0.3) is 6.08 Å². The van der Waals surface area contributed by atoms with Gasteiger partial charge in [0.05, 0.1) is 10.6 Å². The number of nitro groups is 1. The molecule has 0 bridgehead atoms. The Morgan fingerprint density at radius 3 is 2.83 bits per heavy atom. The summed E-state index contributed by atoms with van der Waals surface area (Å²) >= 11 is 0. The molecule has 0 N–H and O–H groups in total. The van der Waals surface area contributed by atoms with Crippen molar-refractivity contribution in [3.8, 4) is 0 Å². The fourth-order valence-corrected chi connectivity index (χ4v) is 0.715. The first-order chi connectivity index (χ1) is 5.68. The summed E-state index contributed by atoms with van der Waals surface area (Å²) < 4.78 is 0. The molecule has 0 amide bonds. The van der Waals surface area contributed by atoms with Crippen LogP contribution in [-0.4, -0.2) is 9.91 Å². The molecule has 4 nitrogen and oxygen atoms in total. The van der Waals surface area contributed by atoms with E-state index >= 15 is 0 Å². The van der Waals surface area contributed by atoms with Gasteiger partial charge >= 0.3 is 0 Å². The highest BCUT2D eigenvalue weighted by Gasteiger charge is 1.90. The van der Waals surface area contributed by atoms with E-state index in [0.29, 0.717) is 5.69 Å². The summed E-state index contributed by atoms with van der Waals surface area (Å²) in [6, 6.07) is 3.59. The smallest absolute Gasteiger partial charge is 0.236 e. The van der Waals surface area contributed by atoms with Gasteiger partial charge in [0.15, 0.2) is 0 Å². The first-order valence-electron chi connectivity index (χ1n) is 3.43. The molecule has 0 saturated heterocycles. The van der Waals surface area contributed by atoms with E-state index in [-0.39, 0.29) is 0 Å². The highest BCUT2D eigenvalue weighted by atomic mass is 16.6. The van der Waals surface area contributed by atoms with Crippen LogP contribution >= 0.6 is 0 Å². The molecule has 1 rings (SSSR count). The van der Waals surface area contributed by atoms with Crippen LogP contribution in [0.5, 0.6) is 0 Å². The van der Waals surface area contributed by atoms with Gasteiger partial charge in [0.1, 0.15) is 0 Å². The Balaban J connectivity index is 2.77. The number of aromatic nitrogens is 1. The summed E-state index contributed by atoms with van der Waals surface area (Å²) in [6.07, 6.45) is 3.90. The third-order valence-electron chi connectivity index (χ3n) is 1.30. The molecule has 1 heterocycles. The van der Waals surface area contributed by atoms with Gasteiger partial charge in [-0.15, -0.1) is 0 Å². The van der Waals surface area contributed by atoms with Gasteiger partial charge in [0, 0.05) is 12.3 Å². The first kappa shape index (κ1) is 8.39. The van der Waals surface area contributed by atoms with Crippen molar-refractivity contribution in [1.29, 1.82) is 0 Å². The Morgan fingerprint density at radius 1 is 1.58 bits per heavy atom. The third kappa shape index (κ3) is 2.49. The van der Waals surface area contributed by atoms with E-state index in [4.69, 9.17) is 0 Å². The number of nitrogens with zero attached hydrogens (tertiary/aromatic N) is 2. The summed E-state index contributed by atoms with van der Waals surface area (Å²) in [5.41, 5.74) is 1.63. The van der Waals surface area contributed by atoms with E-state index in [0.717, 1.165) is 11.8 Å². The second-order valence-corrected chi connectivity index (χ2v) is 2.36. The van der Waals surface area contributed by atoms with Gasteiger partial charge in [0.2, 0.25) is 6.20 Å². The van der Waals surface area contributed by atoms with Crippen molar-refractivity contribution in [2.75, 3.05) is 0 Å². The maximum Gasteiger partial charge on any atom is 0.236 e. The average molecular weight is 164 g/mol. The van der Waals surface area contributed by atoms with Crippen molar-refractivity contribution in [3.05, 3.63) is 45.9 Å². The van der Waals surface area contributed by atoms with Crippen LogP contribution in [0, 0.1) is 17.0 Å². The Labute approximate surface area is 69.7 Å². The van der Waals surface area contributed by atoms with Gasteiger partial charge in [-0.2, -0.15) is 0 Å². The van der Waals surface area contributed by atoms with E-state index in [1.807, 2.05) is 13.0 Å². The first-order valence-corrected chi connectivity index (χ1v) is 3.43. The van der Waals surface area contributed by atoms with E-state index in [1.165, 1.54) is 6.08 Å². The molecule has 0 aliphatic carbocycles. The maximum absolute atomic E-state index is 9.93. The zero-order chi connectivity index (χ0) is 8.97. The van der Waals surface area contributed by atoms with Gasteiger partial charge in [-0.05, 0) is 18.6 Å². The molecule has 1 aromatic heterocycles. The lowest BCUT2D eigenvalue weighted by atomic mass is 10.3. The fraction of sp³-hybridized carbons (Fsp3) is 0.125. The minimum atomic E-state index is -0.512. The molecule has 62 valence electrons. The van der Waals surface area contributed by atoms with Gasteiger partial charge in [-0.3, -0.25) is 15.1 Å². The van der Waals surface area contributed by atoms with E-state index in [1.54, 1.807) is 12.3 Å². The Hall–Kier alpha value is -1.71. The molecular weight excluding hydrogens is 156 g/mol. The molecule has 0 aliphatic rings. The summed E-state index contributed by atoms with van der Waals surface area (Å²) in [4.78, 5) is 13.4. The highest BCUT2D eigenvalue weighted by Crippen LogP contribution is 1.99. The number of aryl methyl sites for hydroxylation is 1. The van der Waals surface area contributed by atoms with Crippen LogP contribution in [0.3, 0.4) is 0 Å². The summed E-state index contributed by atoms with van der Waals surface area (Å²) in [7, 11) is 0. The zero-order valence-corrected chi connectivity index (χ0v) is 6.60. The minimum Gasteiger partial charge on any atom is -0.259 e. The van der Waals surface area contributed by atoms with E-state index in [9.17, 15) is 10.1 Å². The Kier molecular flexibility index (Phi) is 2.53. The fourth-order valence-electron chi connectivity index (χ4n) is 0.715. The molecule has 0 saturated carbocycles. The van der Waals surface area contributed by atoms with Gasteiger partial charge in [-0.1, -0.05) is 6.07 Å². The third-order valence-corrected chi connectivity index (χ3v) is 1.30. The largest absolute Gasteiger partial charge is 0.259 e. The normalized spacial score (nSPS) is 10.4. The zero-order valence-electron chi connectivity index (χ0n) is 6.60. The van der Waals surface area contributed by atoms with Crippen molar-refractivity contribution in [2.24, 2.45) is 0 Å². The molecule has 1 aromatic rings. The van der Waals surface area contributed by atoms with Crippen LogP contribution in [0.15, 0.2) is 24.5 Å². The molecule has 0 radical (unpaired) electrons. The monoisotopic (exact) mass is 164 g/mol. The quantitative estimate of drug-likeness (QED) is 0.493. The van der Waals surface area contributed by atoms with Crippen molar-refractivity contribution >= 4 is 6.08 Å². The number of hydrogen-bond donors (Lipinski definition) is 0. The molecule has 0 unspecified atom stereocenters. The van der Waals surface area contributed by atoms with Gasteiger partial charge in [-0.25, -0.2) is 0 Å². The molecule has 0 spiro atoms. The standard InChI is InChI=1S/C8H8N2O2/c1-7-2-3-8(9-6-7)4-5-10(11)12/h2-6H,1H3. The number of rotatable bonds is 2. The lowest BCUT2D eigenvalue weighted by Gasteiger charge is -1.91. The van der Waals surface area contributed by atoms with Gasteiger partial charge < -0.3 is 0 Å². The second-order valence-electron chi connectivity index (χ2n) is 2.36. The Bertz CT molecular complexity index is 303. The molecule has 0 aromatic carbocycles. The van der Waals surface area contributed by atoms with Gasteiger partial charge in [0.25, 0.3) is 0 Å². The number of pyridine rings is 1. The molecular formula is C8H8N2O2. The molecule has 0 fully saturated rings. The molecule has 4 heteroatoms. The van der Waals surface area contributed by atoms with Crippen LogP contribution in [0.2, 0.25) is 0 Å². The lowest BCUT2D eigenvalue weighted by Crippen LogP contribution is -1.85. The Morgan fingerprint density at radius 2 is 2.33 bits per heavy atom. The van der Waals surface area contributed by atoms with Crippen molar-refractivity contribution in [3.63, 3.8) is 0 Å². The summed E-state index contributed by atoms with van der Waals surface area (Å²) in [5.74, 6) is 0. The summed E-state index contributed by atoms with van der Waals surface area (Å²) in [5, 5.41) is 9.93. The number of hydrogen-bond acceptors (Lipinski definition) is 3. The van der Waals surface area contributed by atoms with Crippen LogP contribution in [0.1, 0.15) is 11.3 Å². The molecule has 12 heavy (non-hydrogen) atoms. The summed E-state index contributed by atoms with van der Waals surface area (Å²) in [6.45, 7) is 1.91. The lowest BCUT2D eigenvalue weighted by molar-refractivity contribution is -0.401. The van der Waals surface area contributed by atoms with Crippen molar-refractivity contribution in [2.45, 2.75) is 6.92 Å². The molecule has 0 aliphatic heterocycles. The van der Waals surface area contributed by atoms with E-state index in [2.05, 4.69) is 4.98 Å². The van der Waals surface area contributed by atoms with Crippen molar-refractivity contribution in [1.82, 2.24) is 4.98 Å². The predicted octanol–water partition coefficient (Wildman–Crippen LogP) is 1.64. The van der Waals surface area contributed by atoms with Crippen LogP contribution in [0.4, 0.5) is 0 Å². The second kappa shape index (κ2) is 3.61. The van der Waals surface area contributed by atoms with Crippen molar-refractivity contribution < 1.29 is 4.92 Å². The SMILES string of the molecule is Cc1ccc(C=C[N+](=O)[O-])nc1. The predicted molar refractivity (Wildman–Crippen MR) is 45.0 cm³/mol. The highest BCUT2D eigenvalue weighted by molar-refractivity contribution is 5.42. The molecule has 0 atom stereocenters. The average Bonchev–Trinajstić information content (AvgIpc) is 2.03. The van der Waals surface area contributed by atoms with Crippen LogP contribution < -0.4 is 0 Å². The van der Waals surface area contributed by atoms with Crippen LogP contribution in [-0.2, 0) is 0 Å². The maximum atomic E-state index is 9.93.